The van der Waals surface area contributed by atoms with Gasteiger partial charge in [-0.1, -0.05) is 0 Å². The van der Waals surface area contributed by atoms with E-state index in [1.54, 1.807) is 0 Å². The zero-order chi connectivity index (χ0) is 10.2. The zero-order valence-electron chi connectivity index (χ0n) is 5.33. The van der Waals surface area contributed by atoms with Crippen LogP contribution < -0.4 is 5.73 Å². The molecule has 2 nitrogen and oxygen atoms in total. The highest BCUT2D eigenvalue weighted by Crippen LogP contribution is 2.34. The molecule has 0 fully saturated rings. The molecule has 12 heavy (non-hydrogen) atoms. The minimum atomic E-state index is -5.79. The molecule has 0 aliphatic rings. The van der Waals surface area contributed by atoms with Crippen molar-refractivity contribution in [1.29, 1.82) is 0 Å². The van der Waals surface area contributed by atoms with E-state index in [0.717, 1.165) is 0 Å². The van der Waals surface area contributed by atoms with Crippen LogP contribution in [-0.2, 0) is 4.79 Å². The molecule has 0 radical (unpaired) electrons. The predicted octanol–water partition coefficient (Wildman–Crippen LogP) is 1.01. The van der Waals surface area contributed by atoms with Crippen LogP contribution in [0.3, 0.4) is 0 Å². The van der Waals surface area contributed by atoms with E-state index < -0.39 is 24.2 Å². The smallest absolute Gasteiger partial charge is 0.364 e. The molecule has 72 valence electrons. The fourth-order valence-corrected chi connectivity index (χ4v) is 0.330. The Morgan fingerprint density at radius 3 is 1.58 bits per heavy atom. The maximum absolute atomic E-state index is 11.9. The molecule has 1 amide bonds. The summed E-state index contributed by atoms with van der Waals surface area (Å²) in [6, 6.07) is 0. The van der Waals surface area contributed by atoms with Crippen molar-refractivity contribution >= 4 is 5.91 Å². The Bertz CT molecular complexity index is 186. The van der Waals surface area contributed by atoms with Gasteiger partial charge in [0.25, 0.3) is 12.1 Å². The van der Waals surface area contributed by atoms with Gasteiger partial charge in [-0.25, -0.2) is 4.39 Å². The summed E-state index contributed by atoms with van der Waals surface area (Å²) in [4.78, 5) is 9.64. The summed E-state index contributed by atoms with van der Waals surface area (Å²) in [6.45, 7) is 0. The van der Waals surface area contributed by atoms with Crippen LogP contribution in [0.1, 0.15) is 0 Å². The van der Waals surface area contributed by atoms with Gasteiger partial charge in [0.15, 0.2) is 0 Å². The third kappa shape index (κ3) is 2.02. The van der Waals surface area contributed by atoms with E-state index >= 15 is 0 Å². The van der Waals surface area contributed by atoms with Crippen LogP contribution in [0.5, 0.6) is 0 Å². The Morgan fingerprint density at radius 2 is 1.50 bits per heavy atom. The second kappa shape index (κ2) is 2.83. The second-order valence-electron chi connectivity index (χ2n) is 1.89. The van der Waals surface area contributed by atoms with E-state index in [1.807, 2.05) is 0 Å². The maximum atomic E-state index is 11.9. The monoisotopic (exact) mass is 195 g/mol. The van der Waals surface area contributed by atoms with E-state index in [2.05, 4.69) is 5.73 Å². The minimum Gasteiger partial charge on any atom is -0.364 e. The van der Waals surface area contributed by atoms with Crippen molar-refractivity contribution < 1.29 is 31.1 Å². The average Bonchev–Trinajstić information content (AvgIpc) is 1.83. The number of carbonyl (C=O) groups excluding carboxylic acids is 1. The Hall–Kier alpha value is -0.950. The summed E-state index contributed by atoms with van der Waals surface area (Å²) in [5, 5.41) is 0. The van der Waals surface area contributed by atoms with Gasteiger partial charge < -0.3 is 5.73 Å². The summed E-state index contributed by atoms with van der Waals surface area (Å²) in [5.41, 5.74) is 3.84. The largest absolute Gasteiger partial charge is 0.426 e. The predicted molar refractivity (Wildman–Crippen MR) is 25.1 cm³/mol. The van der Waals surface area contributed by atoms with Crippen LogP contribution in [0.15, 0.2) is 0 Å². The third-order valence-corrected chi connectivity index (χ3v) is 0.934. The molecule has 1 atom stereocenters. The molecule has 0 saturated heterocycles. The van der Waals surface area contributed by atoms with Gasteiger partial charge in [-0.2, -0.15) is 22.0 Å². The van der Waals surface area contributed by atoms with Crippen molar-refractivity contribution in [2.24, 2.45) is 5.73 Å². The van der Waals surface area contributed by atoms with Gasteiger partial charge in [0.2, 0.25) is 0 Å². The maximum Gasteiger partial charge on any atom is 0.426 e. The molecule has 0 heterocycles. The number of rotatable bonds is 2. The van der Waals surface area contributed by atoms with E-state index in [4.69, 9.17) is 0 Å². The Balaban J connectivity index is 4.69. The van der Waals surface area contributed by atoms with E-state index in [9.17, 15) is 31.1 Å². The van der Waals surface area contributed by atoms with Crippen LogP contribution in [-0.4, -0.2) is 24.2 Å². The lowest BCUT2D eigenvalue weighted by molar-refractivity contribution is -0.239. The molecular formula is C4H3F6NO. The van der Waals surface area contributed by atoms with Crippen molar-refractivity contribution in [2.45, 2.75) is 18.3 Å². The average molecular weight is 195 g/mol. The molecule has 0 spiro atoms. The van der Waals surface area contributed by atoms with Crippen molar-refractivity contribution in [3.8, 4) is 0 Å². The third-order valence-electron chi connectivity index (χ3n) is 0.934. The lowest BCUT2D eigenvalue weighted by atomic mass is 10.2. The molecule has 2 N–H and O–H groups in total. The van der Waals surface area contributed by atoms with Crippen molar-refractivity contribution in [2.75, 3.05) is 0 Å². The van der Waals surface area contributed by atoms with Gasteiger partial charge in [0, 0.05) is 0 Å². The summed E-state index contributed by atoms with van der Waals surface area (Å²) < 4.78 is 69.2. The highest BCUT2D eigenvalue weighted by molar-refractivity contribution is 5.82. The highest BCUT2D eigenvalue weighted by Gasteiger charge is 2.60. The molecule has 8 heteroatoms. The highest BCUT2D eigenvalue weighted by atomic mass is 19.4. The van der Waals surface area contributed by atoms with E-state index in [0.29, 0.717) is 0 Å². The molecule has 0 aliphatic carbocycles. The van der Waals surface area contributed by atoms with E-state index in [-0.39, 0.29) is 0 Å². The van der Waals surface area contributed by atoms with Gasteiger partial charge in [-0.15, -0.1) is 0 Å². The van der Waals surface area contributed by atoms with Gasteiger partial charge in [0.05, 0.1) is 0 Å². The first-order valence-electron chi connectivity index (χ1n) is 2.48. The van der Waals surface area contributed by atoms with Gasteiger partial charge in [-0.3, -0.25) is 4.79 Å². The quantitative estimate of drug-likeness (QED) is 0.656. The molecule has 0 aromatic heterocycles. The summed E-state index contributed by atoms with van der Waals surface area (Å²) in [6.07, 6.45) is -10.3. The summed E-state index contributed by atoms with van der Waals surface area (Å²) >= 11 is 0. The number of hydrogen-bond acceptors (Lipinski definition) is 1. The summed E-state index contributed by atoms with van der Waals surface area (Å²) in [7, 11) is 0. The Morgan fingerprint density at radius 1 is 1.17 bits per heavy atom. The molecule has 0 aliphatic heterocycles. The van der Waals surface area contributed by atoms with Crippen LogP contribution >= 0.6 is 0 Å². The lowest BCUT2D eigenvalue weighted by Gasteiger charge is -2.19. The first kappa shape index (κ1) is 11.0. The van der Waals surface area contributed by atoms with Crippen LogP contribution in [0, 0.1) is 0 Å². The lowest BCUT2D eigenvalue weighted by Crippen LogP contribution is -2.50. The molecule has 0 bridgehead atoms. The SMILES string of the molecule is NC(=O)C(F)(F)C(F)C(F)(F)F. The molecular weight excluding hydrogens is 192 g/mol. The van der Waals surface area contributed by atoms with Crippen LogP contribution in [0.25, 0.3) is 0 Å². The first-order chi connectivity index (χ1) is 5.10. The van der Waals surface area contributed by atoms with Gasteiger partial charge >= 0.3 is 12.1 Å². The number of amides is 1. The molecule has 0 aromatic carbocycles. The molecule has 0 aromatic rings. The standard InChI is InChI=1S/C4H3F6NO/c5-1(4(8,9)10)3(6,7)2(11)12/h1H,(H2,11,12). The number of hydrogen-bond donors (Lipinski definition) is 1. The number of carbonyl (C=O) groups is 1. The van der Waals surface area contributed by atoms with Gasteiger partial charge in [0.1, 0.15) is 0 Å². The van der Waals surface area contributed by atoms with E-state index in [1.165, 1.54) is 0 Å². The number of nitrogens with two attached hydrogens (primary N) is 1. The number of alkyl halides is 6. The van der Waals surface area contributed by atoms with Crippen LogP contribution in [0.4, 0.5) is 26.3 Å². The molecule has 1 unspecified atom stereocenters. The zero-order valence-corrected chi connectivity index (χ0v) is 5.33. The fraction of sp³-hybridized carbons (Fsp3) is 0.750. The summed E-state index contributed by atoms with van der Waals surface area (Å²) in [5.74, 6) is -7.86. The van der Waals surface area contributed by atoms with Crippen molar-refractivity contribution in [1.82, 2.24) is 0 Å². The Kier molecular flexibility index (Phi) is 2.61. The van der Waals surface area contributed by atoms with Crippen molar-refractivity contribution in [3.05, 3.63) is 0 Å². The topological polar surface area (TPSA) is 43.1 Å². The number of primary amides is 1. The minimum absolute atomic E-state index is 2.65. The Labute approximate surface area is 62.3 Å². The van der Waals surface area contributed by atoms with Gasteiger partial charge in [-0.05, 0) is 0 Å². The fourth-order valence-electron chi connectivity index (χ4n) is 0.330. The normalized spacial score (nSPS) is 15.8. The first-order valence-corrected chi connectivity index (χ1v) is 2.48. The van der Waals surface area contributed by atoms with Crippen LogP contribution in [0.2, 0.25) is 0 Å². The number of halogens is 6. The second-order valence-corrected chi connectivity index (χ2v) is 1.89. The van der Waals surface area contributed by atoms with Crippen molar-refractivity contribution in [3.63, 3.8) is 0 Å². The molecule has 0 saturated carbocycles. The molecule has 0 rings (SSSR count).